The van der Waals surface area contributed by atoms with Crippen LogP contribution in [-0.4, -0.2) is 10.9 Å². The van der Waals surface area contributed by atoms with Crippen LogP contribution in [0.2, 0.25) is 5.02 Å². The Morgan fingerprint density at radius 2 is 2.06 bits per heavy atom. The van der Waals surface area contributed by atoms with Crippen molar-refractivity contribution < 1.29 is 4.79 Å². The molecule has 0 unspecified atom stereocenters. The molecular weight excluding hydrogens is 252 g/mol. The summed E-state index contributed by atoms with van der Waals surface area (Å²) in [6.45, 7) is 1.92. The van der Waals surface area contributed by atoms with E-state index in [1.807, 2.05) is 13.0 Å². The molecule has 0 aliphatic carbocycles. The summed E-state index contributed by atoms with van der Waals surface area (Å²) in [6.07, 6.45) is 1.36. The fourth-order valence-corrected chi connectivity index (χ4v) is 1.75. The minimum Gasteiger partial charge on any atom is -0.328 e. The summed E-state index contributed by atoms with van der Waals surface area (Å²) in [6, 6.07) is 8.11. The fraction of sp³-hybridized carbons (Fsp3) is 0.0769. The van der Waals surface area contributed by atoms with Crippen molar-refractivity contribution in [1.82, 2.24) is 4.98 Å². The van der Waals surface area contributed by atoms with Gasteiger partial charge in [-0.05, 0) is 30.7 Å². The van der Waals surface area contributed by atoms with Crippen LogP contribution in [0.1, 0.15) is 15.9 Å². The van der Waals surface area contributed by atoms with E-state index >= 15 is 0 Å². The molecule has 0 bridgehead atoms. The second-order valence-electron chi connectivity index (χ2n) is 3.88. The van der Waals surface area contributed by atoms with Crippen LogP contribution in [0, 0.1) is 6.92 Å². The van der Waals surface area contributed by atoms with E-state index in [9.17, 15) is 9.59 Å². The molecule has 0 atom stereocenters. The maximum Gasteiger partial charge on any atom is 0.257 e. The molecule has 5 heteroatoms. The maximum atomic E-state index is 11.9. The lowest BCUT2D eigenvalue weighted by Crippen LogP contribution is -2.14. The highest BCUT2D eigenvalue weighted by Crippen LogP contribution is 2.23. The Morgan fingerprint density at radius 1 is 1.28 bits per heavy atom. The van der Waals surface area contributed by atoms with Crippen molar-refractivity contribution in [3.05, 3.63) is 63.0 Å². The summed E-state index contributed by atoms with van der Waals surface area (Å²) in [5.74, 6) is -0.322. The molecule has 4 nitrogen and oxygen atoms in total. The number of amides is 1. The lowest BCUT2D eigenvalue weighted by molar-refractivity contribution is 0.102. The number of hydrogen-bond donors (Lipinski definition) is 2. The quantitative estimate of drug-likeness (QED) is 0.874. The second-order valence-corrected chi connectivity index (χ2v) is 4.29. The Kier molecular flexibility index (Phi) is 3.48. The average Bonchev–Trinajstić information content (AvgIpc) is 2.33. The lowest BCUT2D eigenvalue weighted by atomic mass is 10.2. The molecule has 0 saturated heterocycles. The molecule has 18 heavy (non-hydrogen) atoms. The van der Waals surface area contributed by atoms with Crippen LogP contribution in [0.3, 0.4) is 0 Å². The van der Waals surface area contributed by atoms with E-state index < -0.39 is 0 Å². The summed E-state index contributed by atoms with van der Waals surface area (Å²) in [5.41, 5.74) is 1.67. The summed E-state index contributed by atoms with van der Waals surface area (Å²) in [5, 5.41) is 3.16. The SMILES string of the molecule is Cc1ccc(NC(=O)c2ccc(=O)[nH]c2)c(Cl)c1. The van der Waals surface area contributed by atoms with Gasteiger partial charge in [-0.3, -0.25) is 9.59 Å². The van der Waals surface area contributed by atoms with Gasteiger partial charge in [0.2, 0.25) is 5.56 Å². The first-order valence-corrected chi connectivity index (χ1v) is 5.70. The molecule has 0 aliphatic rings. The molecule has 2 N–H and O–H groups in total. The highest BCUT2D eigenvalue weighted by molar-refractivity contribution is 6.34. The molecule has 0 saturated carbocycles. The van der Waals surface area contributed by atoms with Gasteiger partial charge in [-0.2, -0.15) is 0 Å². The Morgan fingerprint density at radius 3 is 2.67 bits per heavy atom. The molecule has 2 aromatic rings. The van der Waals surface area contributed by atoms with Crippen molar-refractivity contribution in [2.75, 3.05) is 5.32 Å². The van der Waals surface area contributed by atoms with Gasteiger partial charge in [0, 0.05) is 12.3 Å². The van der Waals surface area contributed by atoms with Crippen molar-refractivity contribution >= 4 is 23.2 Å². The first kappa shape index (κ1) is 12.4. The summed E-state index contributed by atoms with van der Waals surface area (Å²) in [7, 11) is 0. The number of carbonyl (C=O) groups excluding carboxylic acids is 1. The van der Waals surface area contributed by atoms with E-state index in [2.05, 4.69) is 10.3 Å². The Labute approximate surface area is 109 Å². The van der Waals surface area contributed by atoms with Crippen LogP contribution < -0.4 is 10.9 Å². The van der Waals surface area contributed by atoms with Gasteiger partial charge in [0.15, 0.2) is 0 Å². The molecule has 92 valence electrons. The van der Waals surface area contributed by atoms with Crippen LogP contribution in [0.5, 0.6) is 0 Å². The van der Waals surface area contributed by atoms with Gasteiger partial charge in [0.05, 0.1) is 16.3 Å². The van der Waals surface area contributed by atoms with Gasteiger partial charge in [-0.25, -0.2) is 0 Å². The molecule has 2 rings (SSSR count). The van der Waals surface area contributed by atoms with Crippen molar-refractivity contribution in [2.45, 2.75) is 6.92 Å². The minimum absolute atomic E-state index is 0.250. The number of aryl methyl sites for hydroxylation is 1. The summed E-state index contributed by atoms with van der Waals surface area (Å²) >= 11 is 6.01. The van der Waals surface area contributed by atoms with Crippen molar-refractivity contribution in [3.8, 4) is 0 Å². The average molecular weight is 263 g/mol. The second kappa shape index (κ2) is 5.06. The number of aromatic nitrogens is 1. The number of H-pyrrole nitrogens is 1. The van der Waals surface area contributed by atoms with E-state index in [-0.39, 0.29) is 11.5 Å². The van der Waals surface area contributed by atoms with Crippen LogP contribution in [0.25, 0.3) is 0 Å². The zero-order chi connectivity index (χ0) is 13.1. The van der Waals surface area contributed by atoms with Gasteiger partial charge in [-0.1, -0.05) is 17.7 Å². The van der Waals surface area contributed by atoms with Gasteiger partial charge in [0.1, 0.15) is 0 Å². The Bertz CT molecular complexity index is 629. The molecule has 0 radical (unpaired) electrons. The van der Waals surface area contributed by atoms with E-state index in [0.717, 1.165) is 5.56 Å². The third-order valence-corrected chi connectivity index (χ3v) is 2.73. The van der Waals surface area contributed by atoms with Crippen molar-refractivity contribution in [1.29, 1.82) is 0 Å². The van der Waals surface area contributed by atoms with Crippen LogP contribution in [0.4, 0.5) is 5.69 Å². The Hall–Kier alpha value is -2.07. The highest BCUT2D eigenvalue weighted by atomic mass is 35.5. The zero-order valence-corrected chi connectivity index (χ0v) is 10.4. The van der Waals surface area contributed by atoms with E-state index in [0.29, 0.717) is 16.3 Å². The van der Waals surface area contributed by atoms with Gasteiger partial charge in [-0.15, -0.1) is 0 Å². The van der Waals surface area contributed by atoms with Crippen molar-refractivity contribution in [3.63, 3.8) is 0 Å². The molecule has 1 heterocycles. The first-order chi connectivity index (χ1) is 8.56. The normalized spacial score (nSPS) is 10.1. The zero-order valence-electron chi connectivity index (χ0n) is 9.66. The third-order valence-electron chi connectivity index (χ3n) is 2.42. The molecular formula is C13H11ClN2O2. The summed E-state index contributed by atoms with van der Waals surface area (Å²) < 4.78 is 0. The van der Waals surface area contributed by atoms with Gasteiger partial charge < -0.3 is 10.3 Å². The topological polar surface area (TPSA) is 62.0 Å². The first-order valence-electron chi connectivity index (χ1n) is 5.32. The monoisotopic (exact) mass is 262 g/mol. The molecule has 0 spiro atoms. The summed E-state index contributed by atoms with van der Waals surface area (Å²) in [4.78, 5) is 25.2. The number of nitrogens with one attached hydrogen (secondary N) is 2. The van der Waals surface area contributed by atoms with Crippen LogP contribution >= 0.6 is 11.6 Å². The number of hydrogen-bond acceptors (Lipinski definition) is 2. The fourth-order valence-electron chi connectivity index (χ4n) is 1.47. The van der Waals surface area contributed by atoms with E-state index in [1.54, 1.807) is 12.1 Å². The number of rotatable bonds is 2. The smallest absolute Gasteiger partial charge is 0.257 e. The van der Waals surface area contributed by atoms with Crippen LogP contribution in [-0.2, 0) is 0 Å². The predicted octanol–water partition coefficient (Wildman–Crippen LogP) is 2.59. The molecule has 1 aromatic carbocycles. The predicted molar refractivity (Wildman–Crippen MR) is 71.2 cm³/mol. The Balaban J connectivity index is 2.21. The van der Waals surface area contributed by atoms with Crippen LogP contribution in [0.15, 0.2) is 41.3 Å². The largest absolute Gasteiger partial charge is 0.328 e. The third kappa shape index (κ3) is 2.78. The number of carbonyl (C=O) groups is 1. The maximum absolute atomic E-state index is 11.9. The number of benzene rings is 1. The molecule has 1 amide bonds. The van der Waals surface area contributed by atoms with Crippen molar-refractivity contribution in [2.24, 2.45) is 0 Å². The molecule has 0 aliphatic heterocycles. The molecule has 1 aromatic heterocycles. The van der Waals surface area contributed by atoms with E-state index in [4.69, 9.17) is 11.6 Å². The molecule has 0 fully saturated rings. The minimum atomic E-state index is -0.322. The van der Waals surface area contributed by atoms with E-state index in [1.165, 1.54) is 18.3 Å². The van der Waals surface area contributed by atoms with Gasteiger partial charge >= 0.3 is 0 Å². The lowest BCUT2D eigenvalue weighted by Gasteiger charge is -2.07. The number of aromatic amines is 1. The van der Waals surface area contributed by atoms with Gasteiger partial charge in [0.25, 0.3) is 5.91 Å². The highest BCUT2D eigenvalue weighted by Gasteiger charge is 2.08. The number of anilines is 1. The number of pyridine rings is 1. The number of halogens is 1. The standard InChI is InChI=1S/C13H11ClN2O2/c1-8-2-4-11(10(14)6-8)16-13(18)9-3-5-12(17)15-7-9/h2-7H,1H3,(H,15,17)(H,16,18).